The van der Waals surface area contributed by atoms with Gasteiger partial charge < -0.3 is 10.4 Å². The van der Waals surface area contributed by atoms with Gasteiger partial charge in [0.15, 0.2) is 0 Å². The second kappa shape index (κ2) is 7.89. The van der Waals surface area contributed by atoms with Gasteiger partial charge in [0.1, 0.15) is 5.82 Å². The van der Waals surface area contributed by atoms with Crippen molar-refractivity contribution in [2.24, 2.45) is 5.92 Å². The van der Waals surface area contributed by atoms with Gasteiger partial charge in [0.2, 0.25) is 0 Å². The molecule has 20 heavy (non-hydrogen) atoms. The molecule has 0 aliphatic rings. The predicted molar refractivity (Wildman–Crippen MR) is 79.7 cm³/mol. The fourth-order valence-electron chi connectivity index (χ4n) is 2.03. The maximum atomic E-state index is 11.8. The fourth-order valence-corrected chi connectivity index (χ4v) is 2.03. The molecule has 0 radical (unpaired) electrons. The van der Waals surface area contributed by atoms with Crippen LogP contribution in [0.15, 0.2) is 12.3 Å². The zero-order valence-corrected chi connectivity index (χ0v) is 12.8. The van der Waals surface area contributed by atoms with Gasteiger partial charge >= 0.3 is 6.03 Å². The van der Waals surface area contributed by atoms with Gasteiger partial charge in [-0.3, -0.25) is 5.32 Å². The highest BCUT2D eigenvalue weighted by Crippen LogP contribution is 2.16. The quantitative estimate of drug-likeness (QED) is 0.718. The van der Waals surface area contributed by atoms with Gasteiger partial charge in [-0.25, -0.2) is 9.48 Å². The normalized spacial score (nSPS) is 15.4. The third kappa shape index (κ3) is 5.21. The molecule has 0 aliphatic carbocycles. The lowest BCUT2D eigenvalue weighted by atomic mass is 10.1. The van der Waals surface area contributed by atoms with Crippen molar-refractivity contribution in [3.8, 4) is 0 Å². The van der Waals surface area contributed by atoms with Crippen LogP contribution in [0.4, 0.5) is 10.6 Å². The van der Waals surface area contributed by atoms with E-state index < -0.39 is 0 Å². The molecule has 0 saturated heterocycles. The number of urea groups is 1. The Morgan fingerprint density at radius 1 is 1.45 bits per heavy atom. The van der Waals surface area contributed by atoms with Crippen LogP contribution in [0.2, 0.25) is 0 Å². The number of aliphatic hydroxyl groups is 1. The van der Waals surface area contributed by atoms with Crippen LogP contribution in [0.25, 0.3) is 0 Å². The summed E-state index contributed by atoms with van der Waals surface area (Å²) in [6, 6.07) is 1.78. The minimum absolute atomic E-state index is 0.236. The molecule has 114 valence electrons. The first-order valence-corrected chi connectivity index (χ1v) is 7.20. The average Bonchev–Trinajstić information content (AvgIpc) is 2.82. The Kier molecular flexibility index (Phi) is 6.51. The average molecular weight is 282 g/mol. The third-order valence-electron chi connectivity index (χ3n) is 3.27. The predicted octanol–water partition coefficient (Wildman–Crippen LogP) is 2.38. The summed E-state index contributed by atoms with van der Waals surface area (Å²) in [4.78, 5) is 11.8. The van der Waals surface area contributed by atoms with E-state index in [1.807, 2.05) is 6.92 Å². The van der Waals surface area contributed by atoms with E-state index in [0.29, 0.717) is 18.8 Å². The minimum Gasteiger partial charge on any atom is -0.393 e. The summed E-state index contributed by atoms with van der Waals surface area (Å²) in [7, 11) is 0. The molecule has 0 aromatic carbocycles. The molecular weight excluding hydrogens is 256 g/mol. The summed E-state index contributed by atoms with van der Waals surface area (Å²) in [6.45, 7) is 8.42. The van der Waals surface area contributed by atoms with Crippen molar-refractivity contribution in [3.05, 3.63) is 12.3 Å². The van der Waals surface area contributed by atoms with Crippen LogP contribution >= 0.6 is 0 Å². The number of aliphatic hydroxyl groups excluding tert-OH is 1. The largest absolute Gasteiger partial charge is 0.393 e. The van der Waals surface area contributed by atoms with Gasteiger partial charge in [0.05, 0.1) is 18.3 Å². The number of amides is 2. The lowest BCUT2D eigenvalue weighted by Crippen LogP contribution is -2.34. The second-order valence-electron chi connectivity index (χ2n) is 5.44. The molecule has 3 atom stereocenters. The summed E-state index contributed by atoms with van der Waals surface area (Å²) in [5.74, 6) is 0.931. The Bertz CT molecular complexity index is 417. The van der Waals surface area contributed by atoms with Crippen molar-refractivity contribution >= 4 is 11.8 Å². The number of anilines is 1. The van der Waals surface area contributed by atoms with Crippen LogP contribution in [0.1, 0.15) is 46.6 Å². The van der Waals surface area contributed by atoms with Crippen molar-refractivity contribution < 1.29 is 9.90 Å². The van der Waals surface area contributed by atoms with E-state index >= 15 is 0 Å². The van der Waals surface area contributed by atoms with Crippen LogP contribution < -0.4 is 10.6 Å². The molecular formula is C14H26N4O2. The van der Waals surface area contributed by atoms with Crippen molar-refractivity contribution in [1.29, 1.82) is 0 Å². The van der Waals surface area contributed by atoms with Crippen molar-refractivity contribution in [2.75, 3.05) is 11.9 Å². The first-order valence-electron chi connectivity index (χ1n) is 7.20. The Morgan fingerprint density at radius 2 is 2.15 bits per heavy atom. The highest BCUT2D eigenvalue weighted by molar-refractivity contribution is 5.88. The van der Waals surface area contributed by atoms with Gasteiger partial charge in [0.25, 0.3) is 0 Å². The Morgan fingerprint density at radius 3 is 2.75 bits per heavy atom. The molecule has 0 bridgehead atoms. The number of nitrogens with one attached hydrogen (secondary N) is 2. The van der Waals surface area contributed by atoms with Crippen molar-refractivity contribution in [2.45, 2.75) is 52.7 Å². The molecule has 1 rings (SSSR count). The molecule has 2 amide bonds. The molecule has 1 heterocycles. The van der Waals surface area contributed by atoms with Gasteiger partial charge in [-0.2, -0.15) is 5.10 Å². The van der Waals surface area contributed by atoms with Gasteiger partial charge in [-0.05, 0) is 32.6 Å². The molecule has 6 heteroatoms. The zero-order chi connectivity index (χ0) is 15.1. The Hall–Kier alpha value is -1.56. The summed E-state index contributed by atoms with van der Waals surface area (Å²) in [5, 5.41) is 19.1. The molecule has 0 aliphatic heterocycles. The lowest BCUT2D eigenvalue weighted by Gasteiger charge is -2.16. The number of aromatic nitrogens is 2. The van der Waals surface area contributed by atoms with Gasteiger partial charge in [0, 0.05) is 12.6 Å². The molecule has 3 N–H and O–H groups in total. The van der Waals surface area contributed by atoms with E-state index in [1.165, 1.54) is 0 Å². The van der Waals surface area contributed by atoms with Gasteiger partial charge in [-0.15, -0.1) is 0 Å². The molecule has 3 unspecified atom stereocenters. The van der Waals surface area contributed by atoms with Crippen molar-refractivity contribution in [1.82, 2.24) is 15.1 Å². The number of carbonyl (C=O) groups excluding carboxylic acids is 1. The van der Waals surface area contributed by atoms with E-state index in [0.717, 1.165) is 6.42 Å². The number of hydrogen-bond donors (Lipinski definition) is 3. The lowest BCUT2D eigenvalue weighted by molar-refractivity contribution is 0.163. The standard InChI is InChI=1S/C14H26N4O2/c1-5-11(3)18-13(6-7-16-18)17-14(20)15-9-10(2)8-12(4)19/h6-7,10-12,19H,5,8-9H2,1-4H3,(H2,15,17,20). The maximum absolute atomic E-state index is 11.8. The van der Waals surface area contributed by atoms with E-state index in [9.17, 15) is 9.90 Å². The highest BCUT2D eigenvalue weighted by atomic mass is 16.3. The first-order chi connectivity index (χ1) is 9.43. The van der Waals surface area contributed by atoms with E-state index in [-0.39, 0.29) is 24.1 Å². The molecule has 1 aromatic rings. The summed E-state index contributed by atoms with van der Waals surface area (Å²) >= 11 is 0. The van der Waals surface area contributed by atoms with E-state index in [2.05, 4.69) is 29.6 Å². The van der Waals surface area contributed by atoms with E-state index in [4.69, 9.17) is 0 Å². The van der Waals surface area contributed by atoms with Crippen LogP contribution in [-0.4, -0.2) is 33.6 Å². The molecule has 0 saturated carbocycles. The second-order valence-corrected chi connectivity index (χ2v) is 5.44. The number of nitrogens with zero attached hydrogens (tertiary/aromatic N) is 2. The Labute approximate surface area is 120 Å². The number of carbonyl (C=O) groups is 1. The van der Waals surface area contributed by atoms with Crippen LogP contribution in [-0.2, 0) is 0 Å². The maximum Gasteiger partial charge on any atom is 0.320 e. The monoisotopic (exact) mass is 282 g/mol. The summed E-state index contributed by atoms with van der Waals surface area (Å²) < 4.78 is 1.80. The van der Waals surface area contributed by atoms with Gasteiger partial charge in [-0.1, -0.05) is 13.8 Å². The molecule has 0 fully saturated rings. The third-order valence-corrected chi connectivity index (χ3v) is 3.27. The van der Waals surface area contributed by atoms with Crippen molar-refractivity contribution in [3.63, 3.8) is 0 Å². The summed E-state index contributed by atoms with van der Waals surface area (Å²) in [6.07, 6.45) is 2.95. The highest BCUT2D eigenvalue weighted by Gasteiger charge is 2.12. The molecule has 6 nitrogen and oxygen atoms in total. The number of rotatable bonds is 7. The zero-order valence-electron chi connectivity index (χ0n) is 12.8. The Balaban J connectivity index is 2.45. The fraction of sp³-hybridized carbons (Fsp3) is 0.714. The topological polar surface area (TPSA) is 79.2 Å². The van der Waals surface area contributed by atoms with Crippen LogP contribution in [0.3, 0.4) is 0 Å². The SMILES string of the molecule is CCC(C)n1nccc1NC(=O)NCC(C)CC(C)O. The summed E-state index contributed by atoms with van der Waals surface area (Å²) in [5.41, 5.74) is 0. The smallest absolute Gasteiger partial charge is 0.320 e. The van der Waals surface area contributed by atoms with Crippen LogP contribution in [0, 0.1) is 5.92 Å². The number of hydrogen-bond acceptors (Lipinski definition) is 3. The molecule has 0 spiro atoms. The molecule has 1 aromatic heterocycles. The van der Waals surface area contributed by atoms with Crippen LogP contribution in [0.5, 0.6) is 0 Å². The first kappa shape index (κ1) is 16.5. The minimum atomic E-state index is -0.346. The van der Waals surface area contributed by atoms with E-state index in [1.54, 1.807) is 23.9 Å².